The minimum Gasteiger partial charge on any atom is -0.483 e. The van der Waals surface area contributed by atoms with Crippen molar-refractivity contribution in [3.8, 4) is 5.75 Å². The first kappa shape index (κ1) is 18.5. The van der Waals surface area contributed by atoms with Crippen LogP contribution in [0.5, 0.6) is 5.75 Å². The van der Waals surface area contributed by atoms with Crippen molar-refractivity contribution in [2.75, 3.05) is 11.9 Å². The third kappa shape index (κ3) is 4.71. The molecule has 0 spiro atoms. The third-order valence-electron chi connectivity index (χ3n) is 4.47. The smallest absolute Gasteiger partial charge is 0.336 e. The van der Waals surface area contributed by atoms with Gasteiger partial charge in [0.05, 0.1) is 0 Å². The largest absolute Gasteiger partial charge is 0.483 e. The number of carbonyl (C=O) groups is 1. The van der Waals surface area contributed by atoms with E-state index in [1.54, 1.807) is 24.3 Å². The normalized spacial score (nSPS) is 10.6. The molecule has 0 radical (unpaired) electrons. The van der Waals surface area contributed by atoms with Gasteiger partial charge in [-0.1, -0.05) is 48.5 Å². The van der Waals surface area contributed by atoms with Gasteiger partial charge in [0, 0.05) is 23.6 Å². The van der Waals surface area contributed by atoms with Crippen LogP contribution in [-0.2, 0) is 11.2 Å². The van der Waals surface area contributed by atoms with Crippen LogP contribution in [0.25, 0.3) is 11.0 Å². The Morgan fingerprint density at radius 2 is 1.69 bits per heavy atom. The Labute approximate surface area is 167 Å². The van der Waals surface area contributed by atoms with Gasteiger partial charge in [-0.25, -0.2) is 4.79 Å². The van der Waals surface area contributed by atoms with Crippen LogP contribution in [0.2, 0.25) is 0 Å². The number of amides is 1. The second-order valence-corrected chi connectivity index (χ2v) is 6.61. The summed E-state index contributed by atoms with van der Waals surface area (Å²) >= 11 is 0. The number of para-hydroxylation sites is 1. The summed E-state index contributed by atoms with van der Waals surface area (Å²) in [5.41, 5.74) is 2.87. The van der Waals surface area contributed by atoms with Crippen molar-refractivity contribution < 1.29 is 13.9 Å². The first-order chi connectivity index (χ1) is 14.2. The molecule has 0 aliphatic heterocycles. The number of benzene rings is 3. The summed E-state index contributed by atoms with van der Waals surface area (Å²) in [5.74, 6) is 0.419. The van der Waals surface area contributed by atoms with Gasteiger partial charge in [-0.15, -0.1) is 0 Å². The topological polar surface area (TPSA) is 68.5 Å². The highest BCUT2D eigenvalue weighted by Gasteiger charge is 2.09. The minimum absolute atomic E-state index is 0.103. The number of carbonyl (C=O) groups excluding carboxylic acids is 1. The van der Waals surface area contributed by atoms with Gasteiger partial charge >= 0.3 is 5.63 Å². The Hall–Kier alpha value is -3.86. The molecule has 0 atom stereocenters. The van der Waals surface area contributed by atoms with Gasteiger partial charge in [-0.05, 0) is 41.5 Å². The summed E-state index contributed by atoms with van der Waals surface area (Å²) in [7, 11) is 0. The molecule has 5 heteroatoms. The summed E-state index contributed by atoms with van der Waals surface area (Å²) in [6, 6.07) is 25.9. The SMILES string of the molecule is O=C(COc1ccccc1Cc1ccccc1)Nc1ccc2oc(=O)ccc2c1. The second kappa shape index (κ2) is 8.44. The van der Waals surface area contributed by atoms with E-state index in [0.717, 1.165) is 17.4 Å². The summed E-state index contributed by atoms with van der Waals surface area (Å²) in [5, 5.41) is 3.54. The van der Waals surface area contributed by atoms with Crippen molar-refractivity contribution in [2.45, 2.75) is 6.42 Å². The summed E-state index contributed by atoms with van der Waals surface area (Å²) in [4.78, 5) is 23.6. The van der Waals surface area contributed by atoms with Crippen molar-refractivity contribution in [2.24, 2.45) is 0 Å². The Kier molecular flexibility index (Phi) is 5.38. The number of fused-ring (bicyclic) bond motifs is 1. The molecule has 0 bridgehead atoms. The Bertz CT molecular complexity index is 1200. The highest BCUT2D eigenvalue weighted by Crippen LogP contribution is 2.22. The number of anilines is 1. The lowest BCUT2D eigenvalue weighted by molar-refractivity contribution is -0.118. The molecular weight excluding hydrogens is 366 g/mol. The van der Waals surface area contributed by atoms with Gasteiger partial charge < -0.3 is 14.5 Å². The quantitative estimate of drug-likeness (QED) is 0.500. The first-order valence-electron chi connectivity index (χ1n) is 9.26. The molecule has 4 aromatic rings. The van der Waals surface area contributed by atoms with Gasteiger partial charge in [-0.2, -0.15) is 0 Å². The van der Waals surface area contributed by atoms with Crippen LogP contribution in [-0.4, -0.2) is 12.5 Å². The molecule has 0 fully saturated rings. The molecule has 29 heavy (non-hydrogen) atoms. The predicted octanol–water partition coefficient (Wildman–Crippen LogP) is 4.40. The average Bonchev–Trinajstić information content (AvgIpc) is 2.74. The van der Waals surface area contributed by atoms with E-state index in [1.807, 2.05) is 42.5 Å². The first-order valence-corrected chi connectivity index (χ1v) is 9.26. The Balaban J connectivity index is 1.41. The van der Waals surface area contributed by atoms with Crippen LogP contribution in [0.3, 0.4) is 0 Å². The van der Waals surface area contributed by atoms with E-state index < -0.39 is 5.63 Å². The highest BCUT2D eigenvalue weighted by atomic mass is 16.5. The predicted molar refractivity (Wildman–Crippen MR) is 112 cm³/mol. The number of hydrogen-bond donors (Lipinski definition) is 1. The zero-order valence-corrected chi connectivity index (χ0v) is 15.6. The Morgan fingerprint density at radius 1 is 0.897 bits per heavy atom. The maximum absolute atomic E-state index is 12.3. The molecular formula is C24H19NO4. The zero-order chi connectivity index (χ0) is 20.1. The molecule has 0 saturated heterocycles. The average molecular weight is 385 g/mol. The van der Waals surface area contributed by atoms with Crippen LogP contribution in [0.4, 0.5) is 5.69 Å². The van der Waals surface area contributed by atoms with E-state index >= 15 is 0 Å². The van der Waals surface area contributed by atoms with Gasteiger partial charge in [0.1, 0.15) is 11.3 Å². The standard InChI is InChI=1S/C24H19NO4/c26-23(25-20-11-12-22-19(15-20)10-13-24(27)29-22)16-28-21-9-5-4-8-18(21)14-17-6-2-1-3-7-17/h1-13,15H,14,16H2,(H,25,26). The third-order valence-corrected chi connectivity index (χ3v) is 4.47. The molecule has 5 nitrogen and oxygen atoms in total. The molecule has 1 aromatic heterocycles. The number of hydrogen-bond acceptors (Lipinski definition) is 4. The maximum Gasteiger partial charge on any atom is 0.336 e. The van der Waals surface area contributed by atoms with E-state index in [1.165, 1.54) is 11.6 Å². The molecule has 4 rings (SSSR count). The molecule has 1 heterocycles. The zero-order valence-electron chi connectivity index (χ0n) is 15.6. The Morgan fingerprint density at radius 3 is 2.55 bits per heavy atom. The van der Waals surface area contributed by atoms with E-state index in [0.29, 0.717) is 17.0 Å². The second-order valence-electron chi connectivity index (χ2n) is 6.61. The maximum atomic E-state index is 12.3. The van der Waals surface area contributed by atoms with Crippen LogP contribution in [0.1, 0.15) is 11.1 Å². The summed E-state index contributed by atoms with van der Waals surface area (Å²) in [6.07, 6.45) is 0.731. The number of ether oxygens (including phenoxy) is 1. The lowest BCUT2D eigenvalue weighted by Crippen LogP contribution is -2.20. The van der Waals surface area contributed by atoms with E-state index in [9.17, 15) is 9.59 Å². The fourth-order valence-electron chi connectivity index (χ4n) is 3.10. The van der Waals surface area contributed by atoms with Gasteiger partial charge in [0.25, 0.3) is 5.91 Å². The van der Waals surface area contributed by atoms with Crippen LogP contribution in [0.15, 0.2) is 94.1 Å². The van der Waals surface area contributed by atoms with E-state index in [4.69, 9.17) is 9.15 Å². The molecule has 1 N–H and O–H groups in total. The minimum atomic E-state index is -0.406. The van der Waals surface area contributed by atoms with Crippen molar-refractivity contribution >= 4 is 22.6 Å². The molecule has 0 saturated carbocycles. The van der Waals surface area contributed by atoms with Gasteiger partial charge in [-0.3, -0.25) is 4.79 Å². The van der Waals surface area contributed by atoms with Crippen LogP contribution >= 0.6 is 0 Å². The van der Waals surface area contributed by atoms with Crippen molar-refractivity contribution in [3.05, 3.63) is 106 Å². The monoisotopic (exact) mass is 385 g/mol. The van der Waals surface area contributed by atoms with E-state index in [2.05, 4.69) is 17.4 Å². The van der Waals surface area contributed by atoms with Crippen LogP contribution < -0.4 is 15.7 Å². The molecule has 144 valence electrons. The fourth-order valence-corrected chi connectivity index (χ4v) is 3.10. The molecule has 1 amide bonds. The lowest BCUT2D eigenvalue weighted by Gasteiger charge is -2.12. The lowest BCUT2D eigenvalue weighted by atomic mass is 10.0. The van der Waals surface area contributed by atoms with E-state index in [-0.39, 0.29) is 12.5 Å². The molecule has 0 aliphatic carbocycles. The highest BCUT2D eigenvalue weighted by molar-refractivity contribution is 5.94. The summed E-state index contributed by atoms with van der Waals surface area (Å²) < 4.78 is 10.9. The van der Waals surface area contributed by atoms with Gasteiger partial charge in [0.2, 0.25) is 0 Å². The number of rotatable bonds is 6. The van der Waals surface area contributed by atoms with Crippen molar-refractivity contribution in [1.82, 2.24) is 0 Å². The fraction of sp³-hybridized carbons (Fsp3) is 0.0833. The van der Waals surface area contributed by atoms with Gasteiger partial charge in [0.15, 0.2) is 6.61 Å². The van der Waals surface area contributed by atoms with Crippen molar-refractivity contribution in [1.29, 1.82) is 0 Å². The summed E-state index contributed by atoms with van der Waals surface area (Å²) in [6.45, 7) is -0.103. The van der Waals surface area contributed by atoms with Crippen LogP contribution in [0, 0.1) is 0 Å². The molecule has 0 unspecified atom stereocenters. The molecule has 3 aromatic carbocycles. The number of nitrogens with one attached hydrogen (secondary N) is 1. The van der Waals surface area contributed by atoms with Crippen molar-refractivity contribution in [3.63, 3.8) is 0 Å². The molecule has 0 aliphatic rings.